The van der Waals surface area contributed by atoms with Gasteiger partial charge in [-0.1, -0.05) is 20.8 Å². The molecule has 3 atom stereocenters. The minimum Gasteiger partial charge on any atom is -0.330 e. The maximum Gasteiger partial charge on any atom is 0.0521 e. The number of nitrogens with zero attached hydrogens (tertiary/aromatic N) is 2. The summed E-state index contributed by atoms with van der Waals surface area (Å²) in [6, 6.07) is 0. The number of aromatic nitrogens is 2. The summed E-state index contributed by atoms with van der Waals surface area (Å²) >= 11 is 0. The normalized spacial score (nSPS) is 27.8. The van der Waals surface area contributed by atoms with Crippen LogP contribution >= 0.6 is 0 Å². The van der Waals surface area contributed by atoms with Gasteiger partial charge in [0.05, 0.1) is 6.20 Å². The molecule has 114 valence electrons. The van der Waals surface area contributed by atoms with E-state index < -0.39 is 0 Å². The largest absolute Gasteiger partial charge is 0.330 e. The molecule has 3 unspecified atom stereocenters. The van der Waals surface area contributed by atoms with Crippen molar-refractivity contribution in [3.63, 3.8) is 0 Å². The van der Waals surface area contributed by atoms with Crippen LogP contribution in [0.15, 0.2) is 12.4 Å². The van der Waals surface area contributed by atoms with Gasteiger partial charge in [0.1, 0.15) is 0 Å². The number of aryl methyl sites for hydroxylation is 1. The quantitative estimate of drug-likeness (QED) is 0.915. The Labute approximate surface area is 123 Å². The molecule has 0 aromatic carbocycles. The van der Waals surface area contributed by atoms with Gasteiger partial charge in [-0.3, -0.25) is 4.68 Å². The van der Waals surface area contributed by atoms with E-state index >= 15 is 0 Å². The number of hydrogen-bond donors (Lipinski definition) is 1. The van der Waals surface area contributed by atoms with E-state index in [0.29, 0.717) is 11.3 Å². The Hall–Kier alpha value is -0.830. The first-order chi connectivity index (χ1) is 9.44. The molecule has 20 heavy (non-hydrogen) atoms. The zero-order valence-corrected chi connectivity index (χ0v) is 13.6. The zero-order valence-electron chi connectivity index (χ0n) is 13.6. The van der Waals surface area contributed by atoms with Crippen molar-refractivity contribution in [2.75, 3.05) is 6.54 Å². The van der Waals surface area contributed by atoms with Crippen molar-refractivity contribution in [3.05, 3.63) is 18.0 Å². The Bertz CT molecular complexity index is 416. The van der Waals surface area contributed by atoms with Gasteiger partial charge in [0.15, 0.2) is 0 Å². The summed E-state index contributed by atoms with van der Waals surface area (Å²) in [6.07, 6.45) is 9.35. The molecular formula is C17H31N3. The van der Waals surface area contributed by atoms with Crippen molar-refractivity contribution in [1.82, 2.24) is 9.78 Å². The highest BCUT2D eigenvalue weighted by Gasteiger charge is 2.35. The van der Waals surface area contributed by atoms with E-state index in [9.17, 15) is 0 Å². The SMILES string of the molecule is CCn1cc(CC2CC(C(C)(C)C)CCC2CN)cn1. The van der Waals surface area contributed by atoms with E-state index in [2.05, 4.69) is 39.0 Å². The molecular weight excluding hydrogens is 246 g/mol. The molecule has 1 aromatic heterocycles. The van der Waals surface area contributed by atoms with Crippen LogP contribution in [0, 0.1) is 23.2 Å². The van der Waals surface area contributed by atoms with E-state index in [-0.39, 0.29) is 0 Å². The lowest BCUT2D eigenvalue weighted by molar-refractivity contribution is 0.101. The first kappa shape index (κ1) is 15.6. The zero-order chi connectivity index (χ0) is 14.8. The second-order valence-electron chi connectivity index (χ2n) is 7.54. The van der Waals surface area contributed by atoms with Crippen LogP contribution in [0.3, 0.4) is 0 Å². The van der Waals surface area contributed by atoms with E-state index in [1.165, 1.54) is 24.8 Å². The molecule has 2 N–H and O–H groups in total. The van der Waals surface area contributed by atoms with Crippen LogP contribution in [0.5, 0.6) is 0 Å². The second kappa shape index (κ2) is 6.30. The molecule has 1 heterocycles. The maximum atomic E-state index is 6.01. The number of hydrogen-bond acceptors (Lipinski definition) is 2. The van der Waals surface area contributed by atoms with Crippen molar-refractivity contribution < 1.29 is 0 Å². The molecule has 1 saturated carbocycles. The summed E-state index contributed by atoms with van der Waals surface area (Å²) in [5.74, 6) is 2.25. The fraction of sp³-hybridized carbons (Fsp3) is 0.824. The minimum absolute atomic E-state index is 0.422. The third kappa shape index (κ3) is 3.63. The van der Waals surface area contributed by atoms with Crippen LogP contribution in [-0.2, 0) is 13.0 Å². The van der Waals surface area contributed by atoms with Crippen molar-refractivity contribution in [1.29, 1.82) is 0 Å². The van der Waals surface area contributed by atoms with E-state index in [0.717, 1.165) is 31.3 Å². The molecule has 1 aliphatic rings. The average Bonchev–Trinajstić information content (AvgIpc) is 2.85. The van der Waals surface area contributed by atoms with Crippen LogP contribution in [0.4, 0.5) is 0 Å². The molecule has 0 aliphatic heterocycles. The third-order valence-electron chi connectivity index (χ3n) is 5.18. The third-order valence-corrected chi connectivity index (χ3v) is 5.18. The van der Waals surface area contributed by atoms with Gasteiger partial charge in [-0.05, 0) is 67.9 Å². The fourth-order valence-corrected chi connectivity index (χ4v) is 3.66. The molecule has 1 aromatic rings. The van der Waals surface area contributed by atoms with Gasteiger partial charge in [-0.2, -0.15) is 5.10 Å². The van der Waals surface area contributed by atoms with Gasteiger partial charge in [-0.15, -0.1) is 0 Å². The molecule has 3 heteroatoms. The van der Waals surface area contributed by atoms with E-state index in [4.69, 9.17) is 5.73 Å². The molecule has 3 nitrogen and oxygen atoms in total. The summed E-state index contributed by atoms with van der Waals surface area (Å²) in [4.78, 5) is 0. The predicted octanol–water partition coefficient (Wildman–Crippen LogP) is 3.48. The summed E-state index contributed by atoms with van der Waals surface area (Å²) in [5.41, 5.74) is 7.81. The van der Waals surface area contributed by atoms with Crippen molar-refractivity contribution in [2.24, 2.45) is 28.9 Å². The lowest BCUT2D eigenvalue weighted by Crippen LogP contribution is -2.36. The molecule has 1 aliphatic carbocycles. The van der Waals surface area contributed by atoms with Gasteiger partial charge in [0.25, 0.3) is 0 Å². The Morgan fingerprint density at radius 1 is 1.30 bits per heavy atom. The molecule has 1 fully saturated rings. The van der Waals surface area contributed by atoms with Gasteiger partial charge in [-0.25, -0.2) is 0 Å². The maximum absolute atomic E-state index is 6.01. The van der Waals surface area contributed by atoms with Gasteiger partial charge in [0, 0.05) is 12.7 Å². The van der Waals surface area contributed by atoms with Gasteiger partial charge in [0.2, 0.25) is 0 Å². The summed E-state index contributed by atoms with van der Waals surface area (Å²) in [7, 11) is 0. The van der Waals surface area contributed by atoms with Crippen molar-refractivity contribution in [2.45, 2.75) is 59.9 Å². The van der Waals surface area contributed by atoms with Crippen LogP contribution in [0.25, 0.3) is 0 Å². The van der Waals surface area contributed by atoms with Gasteiger partial charge < -0.3 is 5.73 Å². The molecule has 0 saturated heterocycles. The Morgan fingerprint density at radius 2 is 2.05 bits per heavy atom. The topological polar surface area (TPSA) is 43.8 Å². The van der Waals surface area contributed by atoms with Crippen molar-refractivity contribution in [3.8, 4) is 0 Å². The first-order valence-electron chi connectivity index (χ1n) is 8.15. The highest BCUT2D eigenvalue weighted by molar-refractivity contribution is 5.06. The monoisotopic (exact) mass is 277 g/mol. The Kier molecular flexibility index (Phi) is 4.90. The minimum atomic E-state index is 0.422. The summed E-state index contributed by atoms with van der Waals surface area (Å²) in [5, 5.41) is 4.40. The van der Waals surface area contributed by atoms with E-state index in [1.54, 1.807) is 0 Å². The second-order valence-corrected chi connectivity index (χ2v) is 7.54. The van der Waals surface area contributed by atoms with E-state index in [1.807, 2.05) is 10.9 Å². The molecule has 0 spiro atoms. The predicted molar refractivity (Wildman–Crippen MR) is 84.4 cm³/mol. The fourth-order valence-electron chi connectivity index (χ4n) is 3.66. The average molecular weight is 277 g/mol. The van der Waals surface area contributed by atoms with Crippen LogP contribution in [0.1, 0.15) is 52.5 Å². The highest BCUT2D eigenvalue weighted by atomic mass is 15.3. The Balaban J connectivity index is 2.05. The van der Waals surface area contributed by atoms with Crippen molar-refractivity contribution >= 4 is 0 Å². The molecule has 0 bridgehead atoms. The lowest BCUT2D eigenvalue weighted by Gasteiger charge is -2.41. The molecule has 0 amide bonds. The smallest absolute Gasteiger partial charge is 0.0521 e. The van der Waals surface area contributed by atoms with Crippen LogP contribution in [0.2, 0.25) is 0 Å². The first-order valence-corrected chi connectivity index (χ1v) is 8.15. The summed E-state index contributed by atoms with van der Waals surface area (Å²) in [6.45, 7) is 11.1. The van der Waals surface area contributed by atoms with Crippen LogP contribution in [-0.4, -0.2) is 16.3 Å². The van der Waals surface area contributed by atoms with Crippen LogP contribution < -0.4 is 5.73 Å². The highest BCUT2D eigenvalue weighted by Crippen LogP contribution is 2.43. The lowest BCUT2D eigenvalue weighted by atomic mass is 9.64. The molecule has 0 radical (unpaired) electrons. The van der Waals surface area contributed by atoms with Gasteiger partial charge >= 0.3 is 0 Å². The molecule has 2 rings (SSSR count). The number of rotatable bonds is 4. The Morgan fingerprint density at radius 3 is 2.60 bits per heavy atom. The summed E-state index contributed by atoms with van der Waals surface area (Å²) < 4.78 is 2.02. The standard InChI is InChI=1S/C17H31N3/c1-5-20-12-13(11-19-20)8-15-9-16(17(2,3)4)7-6-14(15)10-18/h11-12,14-16H,5-10,18H2,1-4H3. The number of nitrogens with two attached hydrogens (primary N) is 1.